The second kappa shape index (κ2) is 7.68. The van der Waals surface area contributed by atoms with Gasteiger partial charge in [0.15, 0.2) is 0 Å². The summed E-state index contributed by atoms with van der Waals surface area (Å²) in [5.74, 6) is 0.380. The third-order valence-corrected chi connectivity index (χ3v) is 5.28. The molecule has 4 nitrogen and oxygen atoms in total. The highest BCUT2D eigenvalue weighted by Gasteiger charge is 2.16. The molecule has 0 saturated carbocycles. The highest BCUT2D eigenvalue weighted by molar-refractivity contribution is 9.10. The van der Waals surface area contributed by atoms with Crippen LogP contribution in [0.2, 0.25) is 0 Å². The number of hydrogen-bond acceptors (Lipinski definition) is 4. The molecule has 0 radical (unpaired) electrons. The van der Waals surface area contributed by atoms with Crippen molar-refractivity contribution in [2.75, 3.05) is 0 Å². The van der Waals surface area contributed by atoms with Crippen molar-refractivity contribution in [1.82, 2.24) is 0 Å². The Bertz CT molecular complexity index is 1290. The Kier molecular flexibility index (Phi) is 5.07. The molecule has 0 bridgehead atoms. The number of esters is 1. The van der Waals surface area contributed by atoms with E-state index in [-0.39, 0.29) is 5.43 Å². The molecule has 0 atom stereocenters. The predicted octanol–water partition coefficient (Wildman–Crippen LogP) is 6.06. The van der Waals surface area contributed by atoms with Crippen LogP contribution < -0.4 is 10.2 Å². The maximum Gasteiger partial charge on any atom is 0.343 e. The summed E-state index contributed by atoms with van der Waals surface area (Å²) in [4.78, 5) is 25.5. The van der Waals surface area contributed by atoms with E-state index in [0.29, 0.717) is 33.6 Å². The van der Waals surface area contributed by atoms with Crippen LogP contribution in [-0.4, -0.2) is 5.97 Å². The van der Waals surface area contributed by atoms with Crippen LogP contribution in [0, 0.1) is 13.8 Å². The SMILES string of the molecule is Cc1ccccc1C(=O)Oc1ccc2c(=O)c(-c3ccc(Br)cc3)c(C)oc2c1. The van der Waals surface area contributed by atoms with Gasteiger partial charge >= 0.3 is 5.97 Å². The normalized spacial score (nSPS) is 10.9. The standard InChI is InChI=1S/C24H17BrO4/c1-14-5-3-4-6-19(14)24(27)29-18-11-12-20-21(13-18)28-15(2)22(23(20)26)16-7-9-17(25)10-8-16/h3-13H,1-2H3. The van der Waals surface area contributed by atoms with Gasteiger partial charge in [-0.15, -0.1) is 0 Å². The average Bonchev–Trinajstić information content (AvgIpc) is 2.69. The Labute approximate surface area is 175 Å². The Hall–Kier alpha value is -3.18. The fraction of sp³-hybridized carbons (Fsp3) is 0.0833. The fourth-order valence-corrected chi connectivity index (χ4v) is 3.53. The molecule has 4 rings (SSSR count). The lowest BCUT2D eigenvalue weighted by Crippen LogP contribution is -2.11. The second-order valence-electron chi connectivity index (χ2n) is 6.73. The van der Waals surface area contributed by atoms with Crippen molar-refractivity contribution in [3.8, 4) is 16.9 Å². The molecule has 0 amide bonds. The number of aryl methyl sites for hydroxylation is 2. The largest absolute Gasteiger partial charge is 0.460 e. The molecule has 5 heteroatoms. The lowest BCUT2D eigenvalue weighted by molar-refractivity contribution is 0.0734. The van der Waals surface area contributed by atoms with Crippen LogP contribution in [-0.2, 0) is 0 Å². The van der Waals surface area contributed by atoms with E-state index in [0.717, 1.165) is 15.6 Å². The van der Waals surface area contributed by atoms with Gasteiger partial charge in [0.05, 0.1) is 16.5 Å². The van der Waals surface area contributed by atoms with Crippen molar-refractivity contribution < 1.29 is 13.9 Å². The molecule has 1 aromatic heterocycles. The number of halogens is 1. The fourth-order valence-electron chi connectivity index (χ4n) is 3.26. The lowest BCUT2D eigenvalue weighted by atomic mass is 10.0. The molecule has 0 aliphatic rings. The molecule has 29 heavy (non-hydrogen) atoms. The van der Waals surface area contributed by atoms with Crippen LogP contribution in [0.1, 0.15) is 21.7 Å². The number of hydrogen-bond donors (Lipinski definition) is 0. The smallest absolute Gasteiger partial charge is 0.343 e. The van der Waals surface area contributed by atoms with Crippen LogP contribution in [0.3, 0.4) is 0 Å². The van der Waals surface area contributed by atoms with E-state index < -0.39 is 5.97 Å². The molecular weight excluding hydrogens is 432 g/mol. The summed E-state index contributed by atoms with van der Waals surface area (Å²) >= 11 is 3.40. The maximum absolute atomic E-state index is 13.1. The molecule has 144 valence electrons. The number of benzene rings is 3. The monoisotopic (exact) mass is 448 g/mol. The lowest BCUT2D eigenvalue weighted by Gasteiger charge is -2.10. The van der Waals surface area contributed by atoms with Crippen molar-refractivity contribution >= 4 is 32.9 Å². The molecule has 0 unspecified atom stereocenters. The zero-order chi connectivity index (χ0) is 20.5. The van der Waals surface area contributed by atoms with Gasteiger partial charge in [0.1, 0.15) is 17.1 Å². The molecule has 1 heterocycles. The molecule has 0 aliphatic carbocycles. The Morgan fingerprint density at radius 2 is 1.69 bits per heavy atom. The summed E-state index contributed by atoms with van der Waals surface area (Å²) in [7, 11) is 0. The molecule has 0 aliphatic heterocycles. The third kappa shape index (κ3) is 3.74. The zero-order valence-corrected chi connectivity index (χ0v) is 17.4. The number of rotatable bonds is 3. The molecule has 0 N–H and O–H groups in total. The van der Waals surface area contributed by atoms with Gasteiger partial charge in [0, 0.05) is 10.5 Å². The Balaban J connectivity index is 1.73. The zero-order valence-electron chi connectivity index (χ0n) is 15.9. The van der Waals surface area contributed by atoms with Gasteiger partial charge < -0.3 is 9.15 Å². The number of fused-ring (bicyclic) bond motifs is 1. The minimum Gasteiger partial charge on any atom is -0.460 e. The molecule has 0 saturated heterocycles. The van der Waals surface area contributed by atoms with Crippen molar-refractivity contribution in [2.45, 2.75) is 13.8 Å². The summed E-state index contributed by atoms with van der Waals surface area (Å²) in [6.45, 7) is 3.60. The third-order valence-electron chi connectivity index (χ3n) is 4.75. The van der Waals surface area contributed by atoms with Gasteiger partial charge in [0.2, 0.25) is 5.43 Å². The van der Waals surface area contributed by atoms with Gasteiger partial charge in [-0.1, -0.05) is 46.3 Å². The number of ether oxygens (including phenoxy) is 1. The van der Waals surface area contributed by atoms with Gasteiger partial charge in [-0.25, -0.2) is 4.79 Å². The summed E-state index contributed by atoms with van der Waals surface area (Å²) in [5.41, 5.74) is 2.90. The van der Waals surface area contributed by atoms with Crippen molar-refractivity contribution in [3.05, 3.63) is 98.3 Å². The highest BCUT2D eigenvalue weighted by Crippen LogP contribution is 2.27. The summed E-state index contributed by atoms with van der Waals surface area (Å²) in [6, 6.07) is 19.5. The average molecular weight is 449 g/mol. The van der Waals surface area contributed by atoms with Gasteiger partial charge in [-0.3, -0.25) is 4.79 Å². The summed E-state index contributed by atoms with van der Waals surface area (Å²) in [6.07, 6.45) is 0. The van der Waals surface area contributed by atoms with Crippen LogP contribution in [0.15, 0.2) is 80.4 Å². The number of carbonyl (C=O) groups is 1. The van der Waals surface area contributed by atoms with E-state index in [1.54, 1.807) is 37.3 Å². The molecular formula is C24H17BrO4. The molecule has 0 spiro atoms. The van der Waals surface area contributed by atoms with Gasteiger partial charge in [-0.2, -0.15) is 0 Å². The Morgan fingerprint density at radius 3 is 2.41 bits per heavy atom. The van der Waals surface area contributed by atoms with Crippen LogP contribution >= 0.6 is 15.9 Å². The van der Waals surface area contributed by atoms with Crippen LogP contribution in [0.4, 0.5) is 0 Å². The predicted molar refractivity (Wildman–Crippen MR) is 116 cm³/mol. The van der Waals surface area contributed by atoms with Crippen molar-refractivity contribution in [1.29, 1.82) is 0 Å². The molecule has 0 fully saturated rings. The van der Waals surface area contributed by atoms with E-state index >= 15 is 0 Å². The highest BCUT2D eigenvalue weighted by atomic mass is 79.9. The first-order valence-electron chi connectivity index (χ1n) is 9.05. The van der Waals surface area contributed by atoms with Crippen LogP contribution in [0.25, 0.3) is 22.1 Å². The first-order valence-corrected chi connectivity index (χ1v) is 9.84. The second-order valence-corrected chi connectivity index (χ2v) is 7.65. The van der Waals surface area contributed by atoms with Crippen molar-refractivity contribution in [2.24, 2.45) is 0 Å². The topological polar surface area (TPSA) is 56.5 Å². The minimum atomic E-state index is -0.451. The van der Waals surface area contributed by atoms with Gasteiger partial charge in [-0.05, 0) is 55.3 Å². The molecule has 3 aromatic carbocycles. The number of carbonyl (C=O) groups excluding carboxylic acids is 1. The first kappa shape index (κ1) is 19.2. The molecule has 4 aromatic rings. The van der Waals surface area contributed by atoms with Gasteiger partial charge in [0.25, 0.3) is 0 Å². The van der Waals surface area contributed by atoms with E-state index in [2.05, 4.69) is 15.9 Å². The van der Waals surface area contributed by atoms with Crippen LogP contribution in [0.5, 0.6) is 5.75 Å². The first-order chi connectivity index (χ1) is 13.9. The maximum atomic E-state index is 13.1. The minimum absolute atomic E-state index is 0.122. The quantitative estimate of drug-likeness (QED) is 0.282. The van der Waals surface area contributed by atoms with Crippen molar-refractivity contribution in [3.63, 3.8) is 0 Å². The summed E-state index contributed by atoms with van der Waals surface area (Å²) in [5, 5.41) is 0.434. The van der Waals surface area contributed by atoms with E-state index in [1.165, 1.54) is 0 Å². The van der Waals surface area contributed by atoms with E-state index in [9.17, 15) is 9.59 Å². The van der Waals surface area contributed by atoms with E-state index in [4.69, 9.17) is 9.15 Å². The van der Waals surface area contributed by atoms with E-state index in [1.807, 2.05) is 43.3 Å². The Morgan fingerprint density at radius 1 is 0.966 bits per heavy atom. The summed E-state index contributed by atoms with van der Waals surface area (Å²) < 4.78 is 12.3.